The van der Waals surface area contributed by atoms with Crippen LogP contribution in [0.5, 0.6) is 0 Å². The van der Waals surface area contributed by atoms with E-state index in [4.69, 9.17) is 28.2 Å². The molecule has 0 bridgehead atoms. The first kappa shape index (κ1) is 29.9. The Labute approximate surface area is 312 Å². The summed E-state index contributed by atoms with van der Waals surface area (Å²) in [4.78, 5) is 15.7. The van der Waals surface area contributed by atoms with Crippen LogP contribution in [0.15, 0.2) is 177 Å². The van der Waals surface area contributed by atoms with Crippen LogP contribution < -0.4 is 0 Å². The van der Waals surface area contributed by atoms with Crippen molar-refractivity contribution in [1.29, 1.82) is 0 Å². The molecule has 0 saturated carbocycles. The molecule has 0 atom stereocenters. The summed E-state index contributed by atoms with van der Waals surface area (Å²) >= 11 is 0. The van der Waals surface area contributed by atoms with E-state index >= 15 is 0 Å². The molecule has 0 saturated heterocycles. The monoisotopic (exact) mass is 705 g/mol. The number of aromatic nitrogens is 3. The minimum atomic E-state index is 0.535. The van der Waals surface area contributed by atoms with Crippen LogP contribution in [0.2, 0.25) is 0 Å². The second-order valence-corrected chi connectivity index (χ2v) is 13.9. The highest BCUT2D eigenvalue weighted by molar-refractivity contribution is 6.22. The molecule has 0 aliphatic rings. The van der Waals surface area contributed by atoms with Crippen molar-refractivity contribution in [3.05, 3.63) is 164 Å². The maximum absolute atomic E-state index is 6.72. The van der Waals surface area contributed by atoms with Crippen molar-refractivity contribution in [1.82, 2.24) is 15.0 Å². The highest BCUT2D eigenvalue weighted by Gasteiger charge is 2.22. The van der Waals surface area contributed by atoms with E-state index in [0.717, 1.165) is 104 Å². The third-order valence-electron chi connectivity index (χ3n) is 10.7. The fourth-order valence-electron chi connectivity index (χ4n) is 8.26. The van der Waals surface area contributed by atoms with Crippen molar-refractivity contribution in [2.45, 2.75) is 0 Å². The average Bonchev–Trinajstić information content (AvgIpc) is 3.94. The van der Waals surface area contributed by atoms with Crippen molar-refractivity contribution < 1.29 is 13.3 Å². The van der Waals surface area contributed by atoms with E-state index < -0.39 is 0 Å². The Hall–Kier alpha value is -7.57. The maximum Gasteiger partial charge on any atom is 0.164 e. The molecule has 55 heavy (non-hydrogen) atoms. The first-order chi connectivity index (χ1) is 27.2. The number of hydrogen-bond acceptors (Lipinski definition) is 6. The van der Waals surface area contributed by atoms with E-state index in [1.165, 1.54) is 0 Å². The molecule has 0 fully saturated rings. The zero-order valence-electron chi connectivity index (χ0n) is 29.2. The summed E-state index contributed by atoms with van der Waals surface area (Å²) in [5.74, 6) is 1.62. The minimum absolute atomic E-state index is 0.535. The van der Waals surface area contributed by atoms with Crippen LogP contribution in [-0.2, 0) is 0 Å². The van der Waals surface area contributed by atoms with Crippen LogP contribution in [-0.4, -0.2) is 15.0 Å². The van der Waals surface area contributed by atoms with Gasteiger partial charge in [-0.05, 0) is 59.0 Å². The molecule has 0 amide bonds. The predicted molar refractivity (Wildman–Crippen MR) is 221 cm³/mol. The largest absolute Gasteiger partial charge is 0.456 e. The van der Waals surface area contributed by atoms with E-state index in [0.29, 0.717) is 17.5 Å². The van der Waals surface area contributed by atoms with Gasteiger partial charge in [-0.2, -0.15) is 0 Å². The quantitative estimate of drug-likeness (QED) is 0.181. The second-order valence-electron chi connectivity index (χ2n) is 13.9. The van der Waals surface area contributed by atoms with Gasteiger partial charge in [0, 0.05) is 54.4 Å². The summed E-state index contributed by atoms with van der Waals surface area (Å²) in [6.07, 6.45) is 0. The van der Waals surface area contributed by atoms with Gasteiger partial charge in [0.15, 0.2) is 17.5 Å². The summed E-state index contributed by atoms with van der Waals surface area (Å²) in [7, 11) is 0. The number of para-hydroxylation sites is 2. The molecule has 0 radical (unpaired) electrons. The molecule has 0 spiro atoms. The third-order valence-corrected chi connectivity index (χ3v) is 10.7. The molecular weight excluding hydrogens is 679 g/mol. The molecule has 12 rings (SSSR count). The third kappa shape index (κ3) is 4.52. The SMILES string of the molecule is c1ccc(-c2cc3c(oc4cccc(-c5nc(-c6ccc7c(c6)oc6ccccc67)nc(-c6cccc7oc8ccccc8c67)n5)c43)c3ccccc23)cc1. The van der Waals surface area contributed by atoms with Gasteiger partial charge in [0.05, 0.1) is 0 Å². The minimum Gasteiger partial charge on any atom is -0.456 e. The Bertz CT molecular complexity index is 3500. The molecule has 6 heteroatoms. The van der Waals surface area contributed by atoms with Gasteiger partial charge in [-0.3, -0.25) is 0 Å². The standard InChI is InChI=1S/C49H27N3O3/c1-2-12-28(13-3-1)37-27-38-45-36(19-11-23-42(45)55-46(38)33-16-5-4-14-30(33)37)49-51-47(29-24-25-32-31-15-6-8-20-39(31)54-43(32)26-29)50-48(52-49)35-18-10-22-41-44(35)34-17-7-9-21-40(34)53-41/h1-27H. The number of nitrogens with zero attached hydrogens (tertiary/aromatic N) is 3. The number of rotatable bonds is 4. The Morgan fingerprint density at radius 1 is 0.291 bits per heavy atom. The van der Waals surface area contributed by atoms with E-state index in [-0.39, 0.29) is 0 Å². The molecule has 6 nitrogen and oxygen atoms in total. The number of furan rings is 3. The van der Waals surface area contributed by atoms with E-state index in [1.807, 2.05) is 72.8 Å². The number of hydrogen-bond donors (Lipinski definition) is 0. The van der Waals surface area contributed by atoms with Crippen LogP contribution in [0.3, 0.4) is 0 Å². The van der Waals surface area contributed by atoms with Crippen molar-refractivity contribution in [3.8, 4) is 45.3 Å². The van der Waals surface area contributed by atoms with Gasteiger partial charge >= 0.3 is 0 Å². The molecular formula is C49H27N3O3. The molecule has 0 unspecified atom stereocenters. The topological polar surface area (TPSA) is 78.1 Å². The van der Waals surface area contributed by atoms with Gasteiger partial charge in [0.1, 0.15) is 33.5 Å². The smallest absolute Gasteiger partial charge is 0.164 e. The lowest BCUT2D eigenvalue weighted by Gasteiger charge is -2.11. The Kier molecular flexibility index (Phi) is 6.24. The normalized spacial score (nSPS) is 12.0. The van der Waals surface area contributed by atoms with Crippen LogP contribution in [0.1, 0.15) is 0 Å². The van der Waals surface area contributed by atoms with Gasteiger partial charge in [-0.25, -0.2) is 15.0 Å². The summed E-state index contributed by atoms with van der Waals surface area (Å²) in [5, 5.41) is 8.20. The van der Waals surface area contributed by atoms with E-state index in [2.05, 4.69) is 91.0 Å². The lowest BCUT2D eigenvalue weighted by atomic mass is 9.94. The van der Waals surface area contributed by atoms with Gasteiger partial charge in [-0.1, -0.05) is 121 Å². The fourth-order valence-corrected chi connectivity index (χ4v) is 8.26. The maximum atomic E-state index is 6.72. The first-order valence-electron chi connectivity index (χ1n) is 18.3. The van der Waals surface area contributed by atoms with Gasteiger partial charge in [0.25, 0.3) is 0 Å². The lowest BCUT2D eigenvalue weighted by Crippen LogP contribution is -2.00. The number of fused-ring (bicyclic) bond motifs is 11. The molecule has 0 aliphatic heterocycles. The highest BCUT2D eigenvalue weighted by Crippen LogP contribution is 2.44. The van der Waals surface area contributed by atoms with Crippen molar-refractivity contribution in [2.24, 2.45) is 0 Å². The Morgan fingerprint density at radius 2 is 0.836 bits per heavy atom. The van der Waals surface area contributed by atoms with Crippen LogP contribution in [0, 0.1) is 0 Å². The van der Waals surface area contributed by atoms with Crippen molar-refractivity contribution in [3.63, 3.8) is 0 Å². The van der Waals surface area contributed by atoms with Crippen molar-refractivity contribution >= 4 is 76.6 Å². The first-order valence-corrected chi connectivity index (χ1v) is 18.3. The zero-order chi connectivity index (χ0) is 36.0. The molecule has 4 aromatic heterocycles. The predicted octanol–water partition coefficient (Wildman–Crippen LogP) is 13.4. The summed E-state index contributed by atoms with van der Waals surface area (Å²) < 4.78 is 19.4. The summed E-state index contributed by atoms with van der Waals surface area (Å²) in [6, 6.07) is 55.7. The highest BCUT2D eigenvalue weighted by atomic mass is 16.3. The molecule has 0 N–H and O–H groups in total. The van der Waals surface area contributed by atoms with Crippen LogP contribution in [0.4, 0.5) is 0 Å². The molecule has 8 aromatic carbocycles. The summed E-state index contributed by atoms with van der Waals surface area (Å²) in [6.45, 7) is 0. The Morgan fingerprint density at radius 3 is 1.60 bits per heavy atom. The Balaban J connectivity index is 1.16. The zero-order valence-corrected chi connectivity index (χ0v) is 29.2. The van der Waals surface area contributed by atoms with Gasteiger partial charge < -0.3 is 13.3 Å². The van der Waals surface area contributed by atoms with Crippen LogP contribution in [0.25, 0.3) is 122 Å². The van der Waals surface area contributed by atoms with E-state index in [1.54, 1.807) is 0 Å². The molecule has 12 aromatic rings. The van der Waals surface area contributed by atoms with Gasteiger partial charge in [0.2, 0.25) is 0 Å². The van der Waals surface area contributed by atoms with Crippen LogP contribution >= 0.6 is 0 Å². The number of benzene rings is 8. The average molecular weight is 706 g/mol. The summed E-state index contributed by atoms with van der Waals surface area (Å²) in [5.41, 5.74) is 9.59. The molecule has 0 aliphatic carbocycles. The lowest BCUT2D eigenvalue weighted by molar-refractivity contribution is 0.668. The van der Waals surface area contributed by atoms with Crippen molar-refractivity contribution in [2.75, 3.05) is 0 Å². The molecule has 4 heterocycles. The fraction of sp³-hybridized carbons (Fsp3) is 0. The van der Waals surface area contributed by atoms with E-state index in [9.17, 15) is 0 Å². The van der Waals surface area contributed by atoms with Gasteiger partial charge in [-0.15, -0.1) is 0 Å². The second kappa shape index (κ2) is 11.5. The molecule has 256 valence electrons.